The zero-order valence-electron chi connectivity index (χ0n) is 13.3. The van der Waals surface area contributed by atoms with Gasteiger partial charge in [-0.05, 0) is 31.6 Å². The van der Waals surface area contributed by atoms with Crippen LogP contribution in [0.5, 0.6) is 0 Å². The van der Waals surface area contributed by atoms with Gasteiger partial charge in [-0.25, -0.2) is 4.98 Å². The normalized spacial score (nSPS) is 11.0. The number of anilines is 1. The van der Waals surface area contributed by atoms with Gasteiger partial charge in [0.25, 0.3) is 0 Å². The zero-order valence-corrected chi connectivity index (χ0v) is 13.3. The largest absolute Gasteiger partial charge is 0.378 e. The number of imidazole rings is 1. The molecule has 0 bridgehead atoms. The summed E-state index contributed by atoms with van der Waals surface area (Å²) in [5, 5.41) is 3.53. The number of rotatable bonds is 8. The van der Waals surface area contributed by atoms with Crippen LogP contribution < -0.4 is 5.32 Å². The van der Waals surface area contributed by atoms with Gasteiger partial charge in [-0.3, -0.25) is 4.90 Å². The number of para-hydroxylation sites is 1. The van der Waals surface area contributed by atoms with Crippen LogP contribution in [-0.2, 0) is 19.6 Å². The van der Waals surface area contributed by atoms with Crippen LogP contribution in [0.15, 0.2) is 36.7 Å². The molecule has 0 saturated carbocycles. The van der Waals surface area contributed by atoms with Crippen molar-refractivity contribution in [3.8, 4) is 0 Å². The van der Waals surface area contributed by atoms with Gasteiger partial charge in [0.2, 0.25) is 0 Å². The van der Waals surface area contributed by atoms with Crippen molar-refractivity contribution in [2.24, 2.45) is 0 Å². The van der Waals surface area contributed by atoms with E-state index < -0.39 is 0 Å². The molecule has 0 spiro atoms. The Balaban J connectivity index is 2.06. The van der Waals surface area contributed by atoms with Crippen molar-refractivity contribution in [2.45, 2.75) is 40.4 Å². The summed E-state index contributed by atoms with van der Waals surface area (Å²) in [5.74, 6) is 1.08. The summed E-state index contributed by atoms with van der Waals surface area (Å²) in [6.07, 6.45) is 3.89. The third-order valence-corrected chi connectivity index (χ3v) is 3.89. The molecule has 0 unspecified atom stereocenters. The molecule has 0 aliphatic heterocycles. The maximum Gasteiger partial charge on any atom is 0.128 e. The Hall–Kier alpha value is -1.81. The number of nitrogens with zero attached hydrogens (tertiary/aromatic N) is 3. The molecule has 0 fully saturated rings. The predicted octanol–water partition coefficient (Wildman–Crippen LogP) is 3.36. The monoisotopic (exact) mass is 286 g/mol. The standard InChI is InChI=1S/C17H26N4/c1-4-20(5-2)14-15-9-7-8-10-16(15)19-13-17-18-11-12-21(17)6-3/h7-12,19H,4-6,13-14H2,1-3H3. The van der Waals surface area contributed by atoms with Gasteiger partial charge in [0.05, 0.1) is 6.54 Å². The second-order valence-electron chi connectivity index (χ2n) is 5.10. The fourth-order valence-electron chi connectivity index (χ4n) is 2.49. The summed E-state index contributed by atoms with van der Waals surface area (Å²) in [6.45, 7) is 11.4. The molecule has 4 heteroatoms. The Kier molecular flexibility index (Phi) is 5.81. The molecule has 1 aromatic carbocycles. The molecule has 1 heterocycles. The van der Waals surface area contributed by atoms with Crippen LogP contribution in [0.1, 0.15) is 32.2 Å². The van der Waals surface area contributed by atoms with Gasteiger partial charge in [0, 0.05) is 31.2 Å². The molecule has 2 rings (SSSR count). The van der Waals surface area contributed by atoms with Crippen molar-refractivity contribution in [3.05, 3.63) is 48.0 Å². The molecule has 0 amide bonds. The topological polar surface area (TPSA) is 33.1 Å². The Morgan fingerprint density at radius 2 is 1.90 bits per heavy atom. The lowest BCUT2D eigenvalue weighted by Gasteiger charge is -2.20. The average Bonchev–Trinajstić information content (AvgIpc) is 2.99. The van der Waals surface area contributed by atoms with Gasteiger partial charge in [-0.2, -0.15) is 0 Å². The minimum Gasteiger partial charge on any atom is -0.378 e. The van der Waals surface area contributed by atoms with Crippen molar-refractivity contribution in [1.82, 2.24) is 14.5 Å². The van der Waals surface area contributed by atoms with E-state index in [4.69, 9.17) is 0 Å². The highest BCUT2D eigenvalue weighted by Crippen LogP contribution is 2.18. The van der Waals surface area contributed by atoms with Crippen LogP contribution >= 0.6 is 0 Å². The van der Waals surface area contributed by atoms with E-state index in [1.54, 1.807) is 0 Å². The number of hydrogen-bond donors (Lipinski definition) is 1. The highest BCUT2D eigenvalue weighted by atomic mass is 15.1. The van der Waals surface area contributed by atoms with Gasteiger partial charge in [0.1, 0.15) is 5.82 Å². The van der Waals surface area contributed by atoms with E-state index in [0.29, 0.717) is 0 Å². The lowest BCUT2D eigenvalue weighted by Crippen LogP contribution is -2.22. The number of hydrogen-bond acceptors (Lipinski definition) is 3. The van der Waals surface area contributed by atoms with E-state index >= 15 is 0 Å². The maximum atomic E-state index is 4.42. The first kappa shape index (κ1) is 15.6. The molecule has 0 aliphatic carbocycles. The van der Waals surface area contributed by atoms with Gasteiger partial charge in [0.15, 0.2) is 0 Å². The molecule has 0 saturated heterocycles. The maximum absolute atomic E-state index is 4.42. The molecule has 1 aromatic heterocycles. The molecule has 114 valence electrons. The van der Waals surface area contributed by atoms with Crippen molar-refractivity contribution in [3.63, 3.8) is 0 Å². The molecule has 0 aliphatic rings. The van der Waals surface area contributed by atoms with Gasteiger partial charge in [-0.1, -0.05) is 32.0 Å². The third-order valence-electron chi connectivity index (χ3n) is 3.89. The Morgan fingerprint density at radius 1 is 1.14 bits per heavy atom. The third kappa shape index (κ3) is 4.08. The van der Waals surface area contributed by atoms with E-state index in [0.717, 1.165) is 38.5 Å². The SMILES string of the molecule is CCN(CC)Cc1ccccc1NCc1nccn1CC. The predicted molar refractivity (Wildman–Crippen MR) is 88.3 cm³/mol. The summed E-state index contributed by atoms with van der Waals surface area (Å²) >= 11 is 0. The van der Waals surface area contributed by atoms with Gasteiger partial charge >= 0.3 is 0 Å². The zero-order chi connectivity index (χ0) is 15.1. The van der Waals surface area contributed by atoms with E-state index in [2.05, 4.69) is 64.8 Å². The molecule has 0 radical (unpaired) electrons. The van der Waals surface area contributed by atoms with Crippen molar-refractivity contribution < 1.29 is 0 Å². The molecular formula is C17H26N4. The summed E-state index contributed by atoms with van der Waals surface area (Å²) in [7, 11) is 0. The first-order valence-electron chi connectivity index (χ1n) is 7.82. The van der Waals surface area contributed by atoms with Crippen molar-refractivity contribution in [2.75, 3.05) is 18.4 Å². The van der Waals surface area contributed by atoms with Crippen molar-refractivity contribution in [1.29, 1.82) is 0 Å². The quantitative estimate of drug-likeness (QED) is 0.808. The number of aromatic nitrogens is 2. The molecular weight excluding hydrogens is 260 g/mol. The van der Waals surface area contributed by atoms with Crippen LogP contribution in [0.2, 0.25) is 0 Å². The number of benzene rings is 1. The fraction of sp³-hybridized carbons (Fsp3) is 0.471. The Bertz CT molecular complexity index is 543. The minimum atomic E-state index is 0.760. The van der Waals surface area contributed by atoms with Crippen LogP contribution in [0.25, 0.3) is 0 Å². The van der Waals surface area contributed by atoms with Gasteiger partial charge in [-0.15, -0.1) is 0 Å². The van der Waals surface area contributed by atoms with Crippen molar-refractivity contribution >= 4 is 5.69 Å². The lowest BCUT2D eigenvalue weighted by molar-refractivity contribution is 0.296. The summed E-state index contributed by atoms with van der Waals surface area (Å²) < 4.78 is 2.17. The van der Waals surface area contributed by atoms with E-state index in [-0.39, 0.29) is 0 Å². The van der Waals surface area contributed by atoms with Crippen LogP contribution in [0, 0.1) is 0 Å². The van der Waals surface area contributed by atoms with E-state index in [1.807, 2.05) is 12.4 Å². The second-order valence-corrected chi connectivity index (χ2v) is 5.10. The molecule has 4 nitrogen and oxygen atoms in total. The minimum absolute atomic E-state index is 0.760. The van der Waals surface area contributed by atoms with Gasteiger partial charge < -0.3 is 9.88 Å². The molecule has 1 N–H and O–H groups in total. The number of aryl methyl sites for hydroxylation is 1. The highest BCUT2D eigenvalue weighted by Gasteiger charge is 2.07. The molecule has 0 atom stereocenters. The molecule has 21 heavy (non-hydrogen) atoms. The fourth-order valence-corrected chi connectivity index (χ4v) is 2.49. The summed E-state index contributed by atoms with van der Waals surface area (Å²) in [5.41, 5.74) is 2.55. The average molecular weight is 286 g/mol. The Labute approximate surface area is 127 Å². The first-order valence-corrected chi connectivity index (χ1v) is 7.82. The highest BCUT2D eigenvalue weighted by molar-refractivity contribution is 5.51. The van der Waals surface area contributed by atoms with E-state index in [1.165, 1.54) is 11.3 Å². The second kappa shape index (κ2) is 7.84. The van der Waals surface area contributed by atoms with Crippen LogP contribution in [0.3, 0.4) is 0 Å². The lowest BCUT2D eigenvalue weighted by atomic mass is 10.1. The molecule has 2 aromatic rings. The first-order chi connectivity index (χ1) is 10.3. The Morgan fingerprint density at radius 3 is 2.62 bits per heavy atom. The summed E-state index contributed by atoms with van der Waals surface area (Å²) in [4.78, 5) is 6.84. The van der Waals surface area contributed by atoms with Crippen LogP contribution in [0.4, 0.5) is 5.69 Å². The smallest absolute Gasteiger partial charge is 0.128 e. The van der Waals surface area contributed by atoms with Crippen LogP contribution in [-0.4, -0.2) is 27.5 Å². The number of nitrogens with one attached hydrogen (secondary N) is 1. The summed E-state index contributed by atoms with van der Waals surface area (Å²) in [6, 6.07) is 8.54. The van der Waals surface area contributed by atoms with E-state index in [9.17, 15) is 0 Å².